The number of nitrogens with two attached hydrogens (primary N) is 1. The third kappa shape index (κ3) is 9.98. The number of halogens is 3. The molecule has 0 unspecified atom stereocenters. The summed E-state index contributed by atoms with van der Waals surface area (Å²) in [5.74, 6) is -5.21. The van der Waals surface area contributed by atoms with Crippen LogP contribution in [0, 0.1) is 0 Å². The zero-order chi connectivity index (χ0) is 27.5. The molecule has 1 heterocycles. The van der Waals surface area contributed by atoms with Crippen LogP contribution in [0.15, 0.2) is 47.4 Å². The minimum absolute atomic E-state index is 0.0935. The second-order valence-electron chi connectivity index (χ2n) is 6.55. The van der Waals surface area contributed by atoms with E-state index in [0.717, 1.165) is 11.3 Å². The molecule has 12 nitrogen and oxygen atoms in total. The van der Waals surface area contributed by atoms with Crippen LogP contribution in [0.5, 0.6) is 0 Å². The molecule has 1 aromatic heterocycles. The topological polar surface area (TPSA) is 205 Å². The number of sulfonamides is 1. The van der Waals surface area contributed by atoms with E-state index < -0.39 is 46.6 Å². The fraction of sp³-hybridized carbons (Fsp3) is 0.263. The second-order valence-corrected chi connectivity index (χ2v) is 9.34. The Bertz CT molecular complexity index is 1170. The summed E-state index contributed by atoms with van der Waals surface area (Å²) >= 11 is 0.919. The average Bonchev–Trinajstić information content (AvgIpc) is 3.31. The van der Waals surface area contributed by atoms with Crippen LogP contribution in [-0.2, 0) is 19.6 Å². The number of hydrogen-bond donors (Lipinski definition) is 6. The maximum absolute atomic E-state index is 12.3. The van der Waals surface area contributed by atoms with Crippen molar-refractivity contribution in [2.75, 3.05) is 19.6 Å². The standard InChI is InChI=1S/C17H20N4O6S2.C2HF3O2/c18-8-9-19-15(22)13-6-7-14(28-13)16(23)20-10-12(17(24)25)21-29(26,27)11-4-2-1-3-5-11;3-2(4,5)1(6)7/h1-7,12,21H,8-10,18H2,(H,19,22)(H,20,23)(H,24,25);(H,6,7)/t12-;/m0./s1. The van der Waals surface area contributed by atoms with Crippen molar-refractivity contribution in [1.82, 2.24) is 15.4 Å². The minimum atomic E-state index is -5.08. The second kappa shape index (κ2) is 13.5. The van der Waals surface area contributed by atoms with Gasteiger partial charge in [0.05, 0.1) is 14.6 Å². The van der Waals surface area contributed by atoms with Crippen molar-refractivity contribution in [2.45, 2.75) is 17.1 Å². The first-order valence-electron chi connectivity index (χ1n) is 9.65. The average molecular weight is 555 g/mol. The van der Waals surface area contributed by atoms with Crippen molar-refractivity contribution >= 4 is 45.1 Å². The molecule has 2 amide bonds. The van der Waals surface area contributed by atoms with Gasteiger partial charge in [0.1, 0.15) is 6.04 Å². The molecule has 0 bridgehead atoms. The number of carboxylic acids is 2. The Morgan fingerprint density at radius 3 is 1.89 bits per heavy atom. The van der Waals surface area contributed by atoms with Gasteiger partial charge in [0.15, 0.2) is 0 Å². The normalized spacial score (nSPS) is 12.0. The van der Waals surface area contributed by atoms with Crippen molar-refractivity contribution in [3.05, 3.63) is 52.2 Å². The molecule has 0 aliphatic carbocycles. The van der Waals surface area contributed by atoms with E-state index in [1.165, 1.54) is 36.4 Å². The van der Waals surface area contributed by atoms with Gasteiger partial charge >= 0.3 is 18.1 Å². The van der Waals surface area contributed by atoms with Gasteiger partial charge in [-0.05, 0) is 24.3 Å². The zero-order valence-electron chi connectivity index (χ0n) is 18.1. The SMILES string of the molecule is NCCNC(=O)c1ccc(C(=O)NC[C@H](NS(=O)(=O)c2ccccc2)C(=O)O)s1.O=C(O)C(F)(F)F. The van der Waals surface area contributed by atoms with Gasteiger partial charge in [0, 0.05) is 19.6 Å². The first-order chi connectivity index (χ1) is 16.7. The number of benzene rings is 1. The van der Waals surface area contributed by atoms with E-state index in [1.54, 1.807) is 6.07 Å². The Morgan fingerprint density at radius 1 is 0.944 bits per heavy atom. The van der Waals surface area contributed by atoms with E-state index in [0.29, 0.717) is 11.4 Å². The van der Waals surface area contributed by atoms with Crippen molar-refractivity contribution in [1.29, 1.82) is 0 Å². The van der Waals surface area contributed by atoms with Crippen LogP contribution < -0.4 is 21.1 Å². The first kappa shape index (κ1) is 30.5. The predicted molar refractivity (Wildman–Crippen MR) is 120 cm³/mol. The molecule has 198 valence electrons. The lowest BCUT2D eigenvalue weighted by Crippen LogP contribution is -2.48. The lowest BCUT2D eigenvalue weighted by atomic mass is 10.3. The molecule has 0 radical (unpaired) electrons. The summed E-state index contributed by atoms with van der Waals surface area (Å²) in [6.45, 7) is 0.0901. The Kier molecular flexibility index (Phi) is 11.5. The van der Waals surface area contributed by atoms with Crippen LogP contribution in [0.4, 0.5) is 13.2 Å². The van der Waals surface area contributed by atoms with Gasteiger partial charge in [-0.1, -0.05) is 18.2 Å². The van der Waals surface area contributed by atoms with Crippen LogP contribution in [-0.4, -0.2) is 74.2 Å². The summed E-state index contributed by atoms with van der Waals surface area (Å²) in [7, 11) is -4.08. The van der Waals surface area contributed by atoms with Crippen LogP contribution in [0.25, 0.3) is 0 Å². The van der Waals surface area contributed by atoms with Gasteiger partial charge in [-0.15, -0.1) is 11.3 Å². The molecule has 2 rings (SSSR count). The highest BCUT2D eigenvalue weighted by Gasteiger charge is 2.38. The van der Waals surface area contributed by atoms with Crippen LogP contribution in [0.2, 0.25) is 0 Å². The molecule has 1 atom stereocenters. The monoisotopic (exact) mass is 554 g/mol. The highest BCUT2D eigenvalue weighted by Crippen LogP contribution is 2.16. The quantitative estimate of drug-likeness (QED) is 0.237. The third-order valence-electron chi connectivity index (χ3n) is 3.84. The van der Waals surface area contributed by atoms with Crippen molar-refractivity contribution in [2.24, 2.45) is 5.73 Å². The lowest BCUT2D eigenvalue weighted by molar-refractivity contribution is -0.192. The fourth-order valence-corrected chi connectivity index (χ4v) is 4.22. The van der Waals surface area contributed by atoms with Gasteiger partial charge < -0.3 is 26.6 Å². The molecule has 0 fully saturated rings. The number of nitrogens with one attached hydrogen (secondary N) is 3. The first-order valence-corrected chi connectivity index (χ1v) is 12.0. The zero-order valence-corrected chi connectivity index (χ0v) is 19.7. The third-order valence-corrected chi connectivity index (χ3v) is 6.41. The molecular formula is C19H21F3N4O8S2. The largest absolute Gasteiger partial charge is 0.490 e. The van der Waals surface area contributed by atoms with Gasteiger partial charge in [-0.2, -0.15) is 17.9 Å². The number of hydrogen-bond acceptors (Lipinski definition) is 8. The summed E-state index contributed by atoms with van der Waals surface area (Å²) in [4.78, 5) is 44.8. The molecule has 1 aromatic carbocycles. The maximum atomic E-state index is 12.3. The molecule has 2 aromatic rings. The van der Waals surface area contributed by atoms with Crippen molar-refractivity contribution < 1.29 is 51.0 Å². The molecule has 0 aliphatic heterocycles. The van der Waals surface area contributed by atoms with Crippen LogP contribution in [0.1, 0.15) is 19.3 Å². The summed E-state index contributed by atoms with van der Waals surface area (Å²) in [6.07, 6.45) is -5.08. The van der Waals surface area contributed by atoms with E-state index in [1.807, 2.05) is 4.72 Å². The Morgan fingerprint density at radius 2 is 1.44 bits per heavy atom. The number of rotatable bonds is 10. The molecule has 0 aliphatic rings. The Hall–Kier alpha value is -3.54. The minimum Gasteiger partial charge on any atom is -0.480 e. The predicted octanol–water partition coefficient (Wildman–Crippen LogP) is 0.231. The van der Waals surface area contributed by atoms with E-state index >= 15 is 0 Å². The highest BCUT2D eigenvalue weighted by molar-refractivity contribution is 7.89. The van der Waals surface area contributed by atoms with Gasteiger partial charge in [0.25, 0.3) is 11.8 Å². The smallest absolute Gasteiger partial charge is 0.480 e. The molecule has 7 N–H and O–H groups in total. The number of carbonyl (C=O) groups is 4. The number of amides is 2. The molecular weight excluding hydrogens is 533 g/mol. The van der Waals surface area contributed by atoms with Crippen LogP contribution in [0.3, 0.4) is 0 Å². The summed E-state index contributed by atoms with van der Waals surface area (Å²) < 4.78 is 58.4. The number of carboxylic acid groups (broad SMARTS) is 2. The maximum Gasteiger partial charge on any atom is 0.490 e. The number of aliphatic carboxylic acids is 2. The molecule has 36 heavy (non-hydrogen) atoms. The number of carbonyl (C=O) groups excluding carboxylic acids is 2. The van der Waals surface area contributed by atoms with Crippen LogP contribution >= 0.6 is 11.3 Å². The van der Waals surface area contributed by atoms with Crippen molar-refractivity contribution in [3.63, 3.8) is 0 Å². The summed E-state index contributed by atoms with van der Waals surface area (Å²) in [5.41, 5.74) is 5.31. The van der Waals surface area contributed by atoms with Crippen molar-refractivity contribution in [3.8, 4) is 0 Å². The van der Waals surface area contributed by atoms with Gasteiger partial charge in [-0.25, -0.2) is 13.2 Å². The van der Waals surface area contributed by atoms with Gasteiger partial charge in [-0.3, -0.25) is 14.4 Å². The molecule has 0 saturated heterocycles. The summed E-state index contributed by atoms with van der Waals surface area (Å²) in [6, 6.07) is 8.58. The molecule has 17 heteroatoms. The highest BCUT2D eigenvalue weighted by atomic mass is 32.2. The summed E-state index contributed by atoms with van der Waals surface area (Å²) in [5, 5.41) is 21.3. The van der Waals surface area contributed by atoms with E-state index in [2.05, 4.69) is 10.6 Å². The molecule has 0 saturated carbocycles. The van der Waals surface area contributed by atoms with E-state index in [4.69, 9.17) is 15.6 Å². The number of thiophene rings is 1. The van der Waals surface area contributed by atoms with E-state index in [-0.39, 0.29) is 22.2 Å². The molecule has 0 spiro atoms. The number of alkyl halides is 3. The fourth-order valence-electron chi connectivity index (χ4n) is 2.17. The van der Waals surface area contributed by atoms with Gasteiger partial charge in [0.2, 0.25) is 10.0 Å². The Balaban J connectivity index is 0.000000809. The lowest BCUT2D eigenvalue weighted by Gasteiger charge is -2.15. The van der Waals surface area contributed by atoms with E-state index in [9.17, 15) is 41.1 Å². The Labute approximate surface area is 206 Å².